The SMILES string of the molecule is O=C(O)CCC(F)=C(F)F. The molecule has 58 valence electrons. The number of allylic oxidation sites excluding steroid dienone is 1. The number of hydrogen-bond acceptors (Lipinski definition) is 1. The smallest absolute Gasteiger partial charge is 0.303 e. The van der Waals surface area contributed by atoms with Gasteiger partial charge in [-0.15, -0.1) is 0 Å². The molecule has 0 rings (SSSR count). The summed E-state index contributed by atoms with van der Waals surface area (Å²) in [6, 6.07) is 0. The maximum absolute atomic E-state index is 11.8. The van der Waals surface area contributed by atoms with Gasteiger partial charge < -0.3 is 5.11 Å². The van der Waals surface area contributed by atoms with Crippen molar-refractivity contribution < 1.29 is 23.1 Å². The predicted octanol–water partition coefficient (Wildman–Crippen LogP) is 1.93. The molecule has 2 nitrogen and oxygen atoms in total. The molecule has 0 atom stereocenters. The van der Waals surface area contributed by atoms with Gasteiger partial charge in [0, 0.05) is 6.42 Å². The summed E-state index contributed by atoms with van der Waals surface area (Å²) >= 11 is 0. The third-order valence-electron chi connectivity index (χ3n) is 0.763. The molecular formula is C5H5F3O2. The van der Waals surface area contributed by atoms with Gasteiger partial charge in [0.15, 0.2) is 5.83 Å². The lowest BCUT2D eigenvalue weighted by atomic mass is 10.3. The number of carbonyl (C=O) groups is 1. The summed E-state index contributed by atoms with van der Waals surface area (Å²) in [4.78, 5) is 9.69. The van der Waals surface area contributed by atoms with Crippen LogP contribution in [0.15, 0.2) is 11.9 Å². The zero-order valence-corrected chi connectivity index (χ0v) is 4.90. The van der Waals surface area contributed by atoms with Crippen LogP contribution in [0.3, 0.4) is 0 Å². The molecule has 0 aliphatic carbocycles. The normalized spacial score (nSPS) is 9.10. The Kier molecular flexibility index (Phi) is 3.53. The van der Waals surface area contributed by atoms with Crippen molar-refractivity contribution in [3.05, 3.63) is 11.9 Å². The Morgan fingerprint density at radius 3 is 2.00 bits per heavy atom. The molecule has 0 spiro atoms. The van der Waals surface area contributed by atoms with E-state index in [-0.39, 0.29) is 0 Å². The van der Waals surface area contributed by atoms with Gasteiger partial charge in [-0.1, -0.05) is 0 Å². The Balaban J connectivity index is 3.71. The van der Waals surface area contributed by atoms with Gasteiger partial charge in [0.1, 0.15) is 0 Å². The van der Waals surface area contributed by atoms with Crippen LogP contribution < -0.4 is 0 Å². The molecule has 0 radical (unpaired) electrons. The molecule has 0 amide bonds. The van der Waals surface area contributed by atoms with Crippen molar-refractivity contribution in [1.29, 1.82) is 0 Å². The van der Waals surface area contributed by atoms with Gasteiger partial charge >= 0.3 is 12.0 Å². The van der Waals surface area contributed by atoms with E-state index in [0.29, 0.717) is 0 Å². The molecule has 0 aliphatic heterocycles. The molecule has 0 bridgehead atoms. The molecule has 0 fully saturated rings. The standard InChI is InChI=1S/C5H5F3O2/c6-3(5(7)8)1-2-4(9)10/h1-2H2,(H,9,10). The van der Waals surface area contributed by atoms with Crippen LogP contribution in [0.2, 0.25) is 0 Å². The summed E-state index contributed by atoms with van der Waals surface area (Å²) in [5.74, 6) is -2.95. The Morgan fingerprint density at radius 2 is 1.70 bits per heavy atom. The van der Waals surface area contributed by atoms with Crippen LogP contribution in [0.25, 0.3) is 0 Å². The van der Waals surface area contributed by atoms with E-state index < -0.39 is 30.7 Å². The van der Waals surface area contributed by atoms with Crippen LogP contribution in [0.4, 0.5) is 13.2 Å². The first-order valence-electron chi connectivity index (χ1n) is 2.45. The van der Waals surface area contributed by atoms with E-state index in [0.717, 1.165) is 0 Å². The van der Waals surface area contributed by atoms with E-state index >= 15 is 0 Å². The second kappa shape index (κ2) is 3.92. The minimum Gasteiger partial charge on any atom is -0.481 e. The van der Waals surface area contributed by atoms with E-state index in [1.807, 2.05) is 0 Å². The van der Waals surface area contributed by atoms with Crippen LogP contribution in [-0.4, -0.2) is 11.1 Å². The van der Waals surface area contributed by atoms with E-state index in [2.05, 4.69) is 0 Å². The molecule has 0 saturated heterocycles. The number of halogens is 3. The molecule has 0 saturated carbocycles. The molecule has 0 aromatic rings. The maximum Gasteiger partial charge on any atom is 0.303 e. The predicted molar refractivity (Wildman–Crippen MR) is 27.2 cm³/mol. The number of carboxylic acids is 1. The fraction of sp³-hybridized carbons (Fsp3) is 0.400. The lowest BCUT2D eigenvalue weighted by Crippen LogP contribution is -1.93. The van der Waals surface area contributed by atoms with Gasteiger partial charge in [-0.3, -0.25) is 4.79 Å². The molecule has 0 unspecified atom stereocenters. The molecule has 0 heterocycles. The highest BCUT2D eigenvalue weighted by Crippen LogP contribution is 2.14. The summed E-state index contributed by atoms with van der Waals surface area (Å²) in [7, 11) is 0. The number of hydrogen-bond donors (Lipinski definition) is 1. The van der Waals surface area contributed by atoms with Gasteiger partial charge in [0.05, 0.1) is 6.42 Å². The first kappa shape index (κ1) is 9.00. The minimum absolute atomic E-state index is 0.608. The Bertz CT molecular complexity index is 160. The van der Waals surface area contributed by atoms with Gasteiger partial charge in [-0.05, 0) is 0 Å². The van der Waals surface area contributed by atoms with Crippen molar-refractivity contribution in [3.63, 3.8) is 0 Å². The Hall–Kier alpha value is -1.00. The second-order valence-electron chi connectivity index (χ2n) is 1.56. The average molecular weight is 154 g/mol. The lowest BCUT2D eigenvalue weighted by molar-refractivity contribution is -0.137. The second-order valence-corrected chi connectivity index (χ2v) is 1.56. The summed E-state index contributed by atoms with van der Waals surface area (Å²) in [6.07, 6.45) is -3.79. The number of carboxylic acid groups (broad SMARTS) is 1. The highest BCUT2D eigenvalue weighted by Gasteiger charge is 2.06. The zero-order chi connectivity index (χ0) is 8.15. The largest absolute Gasteiger partial charge is 0.481 e. The maximum atomic E-state index is 11.8. The van der Waals surface area contributed by atoms with Crippen molar-refractivity contribution in [2.75, 3.05) is 0 Å². The third-order valence-corrected chi connectivity index (χ3v) is 0.763. The first-order valence-corrected chi connectivity index (χ1v) is 2.45. The van der Waals surface area contributed by atoms with Gasteiger partial charge in [-0.2, -0.15) is 8.78 Å². The van der Waals surface area contributed by atoms with Gasteiger partial charge in [0.2, 0.25) is 0 Å². The Labute approximate surface area is 55.0 Å². The number of aliphatic carboxylic acids is 1. The molecule has 0 aromatic carbocycles. The third kappa shape index (κ3) is 3.94. The first-order chi connectivity index (χ1) is 4.54. The summed E-state index contributed by atoms with van der Waals surface area (Å²) in [6.45, 7) is 0. The zero-order valence-electron chi connectivity index (χ0n) is 4.90. The van der Waals surface area contributed by atoms with Gasteiger partial charge in [0.25, 0.3) is 0 Å². The van der Waals surface area contributed by atoms with Crippen LogP contribution in [0, 0.1) is 0 Å². The monoisotopic (exact) mass is 154 g/mol. The van der Waals surface area contributed by atoms with Crippen molar-refractivity contribution >= 4 is 5.97 Å². The highest BCUT2D eigenvalue weighted by molar-refractivity contribution is 5.66. The highest BCUT2D eigenvalue weighted by atomic mass is 19.3. The van der Waals surface area contributed by atoms with Crippen LogP contribution in [0.5, 0.6) is 0 Å². The van der Waals surface area contributed by atoms with Crippen molar-refractivity contribution in [2.24, 2.45) is 0 Å². The molecule has 0 aromatic heterocycles. The average Bonchev–Trinajstić information content (AvgIpc) is 1.82. The molecule has 0 aliphatic rings. The van der Waals surface area contributed by atoms with E-state index in [1.165, 1.54) is 0 Å². The molecule has 1 N–H and O–H groups in total. The fourth-order valence-corrected chi connectivity index (χ4v) is 0.311. The van der Waals surface area contributed by atoms with Crippen molar-refractivity contribution in [2.45, 2.75) is 12.8 Å². The van der Waals surface area contributed by atoms with Crippen molar-refractivity contribution in [1.82, 2.24) is 0 Å². The Morgan fingerprint density at radius 1 is 1.20 bits per heavy atom. The van der Waals surface area contributed by atoms with Crippen LogP contribution in [-0.2, 0) is 4.79 Å². The topological polar surface area (TPSA) is 37.3 Å². The summed E-state index contributed by atoms with van der Waals surface area (Å²) in [5, 5.41) is 7.91. The van der Waals surface area contributed by atoms with Gasteiger partial charge in [-0.25, -0.2) is 4.39 Å². The number of rotatable bonds is 3. The molecule has 5 heteroatoms. The van der Waals surface area contributed by atoms with Crippen molar-refractivity contribution in [3.8, 4) is 0 Å². The fourth-order valence-electron chi connectivity index (χ4n) is 0.311. The van der Waals surface area contributed by atoms with E-state index in [4.69, 9.17) is 5.11 Å². The lowest BCUT2D eigenvalue weighted by Gasteiger charge is -1.90. The molecular weight excluding hydrogens is 149 g/mol. The summed E-state index contributed by atoms with van der Waals surface area (Å²) < 4.78 is 34.1. The van der Waals surface area contributed by atoms with E-state index in [9.17, 15) is 18.0 Å². The van der Waals surface area contributed by atoms with Crippen LogP contribution >= 0.6 is 0 Å². The summed E-state index contributed by atoms with van der Waals surface area (Å²) in [5.41, 5.74) is 0. The molecule has 10 heavy (non-hydrogen) atoms. The van der Waals surface area contributed by atoms with Crippen LogP contribution in [0.1, 0.15) is 12.8 Å². The van der Waals surface area contributed by atoms with E-state index in [1.54, 1.807) is 0 Å². The minimum atomic E-state index is -2.44. The quantitative estimate of drug-likeness (QED) is 0.674.